The van der Waals surface area contributed by atoms with Gasteiger partial charge in [0.05, 0.1) is 0 Å². The molecule has 4 heteroatoms. The van der Waals surface area contributed by atoms with Gasteiger partial charge in [-0.3, -0.25) is 0 Å². The number of aromatic hydroxyl groups is 2. The Morgan fingerprint density at radius 3 is 1.45 bits per heavy atom. The van der Waals surface area contributed by atoms with Crippen LogP contribution < -0.4 is 10.6 Å². The summed E-state index contributed by atoms with van der Waals surface area (Å²) in [5.74, 6) is 0.635. The summed E-state index contributed by atoms with van der Waals surface area (Å²) in [5.41, 5.74) is 1.80. The van der Waals surface area contributed by atoms with E-state index in [9.17, 15) is 10.2 Å². The highest BCUT2D eigenvalue weighted by Gasteiger charge is 2.10. The first-order chi connectivity index (χ1) is 10.6. The Balaban J connectivity index is 1.78. The molecule has 2 aromatic rings. The molecule has 0 spiro atoms. The SMILES string of the molecule is C[C@@H](NCCN[C@H](C)c1ccccc1O)c1ccccc1O. The van der Waals surface area contributed by atoms with E-state index in [1.54, 1.807) is 12.1 Å². The van der Waals surface area contributed by atoms with Crippen LogP contribution in [0.25, 0.3) is 0 Å². The molecule has 0 heterocycles. The molecule has 0 saturated heterocycles. The maximum Gasteiger partial charge on any atom is 0.120 e. The smallest absolute Gasteiger partial charge is 0.120 e. The van der Waals surface area contributed by atoms with Crippen molar-refractivity contribution in [3.05, 3.63) is 59.7 Å². The Morgan fingerprint density at radius 1 is 0.727 bits per heavy atom. The van der Waals surface area contributed by atoms with Gasteiger partial charge in [0.15, 0.2) is 0 Å². The molecule has 0 aliphatic carbocycles. The average molecular weight is 300 g/mol. The third-order valence-electron chi connectivity index (χ3n) is 3.83. The number of phenolic OH excluding ortho intramolecular Hbond substituents is 2. The predicted octanol–water partition coefficient (Wildman–Crippen LogP) is 3.10. The van der Waals surface area contributed by atoms with Crippen molar-refractivity contribution in [2.24, 2.45) is 0 Å². The van der Waals surface area contributed by atoms with Crippen molar-refractivity contribution in [3.8, 4) is 11.5 Å². The van der Waals surface area contributed by atoms with Crippen molar-refractivity contribution in [2.45, 2.75) is 25.9 Å². The van der Waals surface area contributed by atoms with E-state index in [1.807, 2.05) is 50.2 Å². The summed E-state index contributed by atoms with van der Waals surface area (Å²) in [5, 5.41) is 26.4. The minimum atomic E-state index is 0.0865. The zero-order valence-corrected chi connectivity index (χ0v) is 13.1. The molecule has 0 amide bonds. The van der Waals surface area contributed by atoms with Gasteiger partial charge in [-0.05, 0) is 26.0 Å². The van der Waals surface area contributed by atoms with Gasteiger partial charge in [0.1, 0.15) is 11.5 Å². The molecule has 0 radical (unpaired) electrons. The van der Waals surface area contributed by atoms with Crippen LogP contribution in [0.4, 0.5) is 0 Å². The van der Waals surface area contributed by atoms with Gasteiger partial charge in [-0.1, -0.05) is 36.4 Å². The van der Waals surface area contributed by atoms with Gasteiger partial charge in [-0.2, -0.15) is 0 Å². The Bertz CT molecular complexity index is 548. The number of phenols is 2. The van der Waals surface area contributed by atoms with Gasteiger partial charge < -0.3 is 20.8 Å². The highest BCUT2D eigenvalue weighted by atomic mass is 16.3. The molecule has 2 atom stereocenters. The lowest BCUT2D eigenvalue weighted by atomic mass is 10.1. The number of para-hydroxylation sites is 2. The second kappa shape index (κ2) is 7.82. The van der Waals surface area contributed by atoms with Crippen molar-refractivity contribution in [1.29, 1.82) is 0 Å². The van der Waals surface area contributed by atoms with Crippen molar-refractivity contribution in [3.63, 3.8) is 0 Å². The predicted molar refractivity (Wildman–Crippen MR) is 89.0 cm³/mol. The van der Waals surface area contributed by atoms with Crippen LogP contribution in [0.2, 0.25) is 0 Å². The average Bonchev–Trinajstić information content (AvgIpc) is 2.52. The lowest BCUT2D eigenvalue weighted by Crippen LogP contribution is -2.30. The quantitative estimate of drug-likeness (QED) is 0.593. The van der Waals surface area contributed by atoms with E-state index in [0.717, 1.165) is 24.2 Å². The van der Waals surface area contributed by atoms with Crippen molar-refractivity contribution in [1.82, 2.24) is 10.6 Å². The maximum atomic E-state index is 9.82. The zero-order chi connectivity index (χ0) is 15.9. The van der Waals surface area contributed by atoms with Crippen LogP contribution in [0.5, 0.6) is 11.5 Å². The molecule has 0 aliphatic heterocycles. The minimum absolute atomic E-state index is 0.0865. The lowest BCUT2D eigenvalue weighted by Gasteiger charge is -2.18. The molecule has 4 nitrogen and oxygen atoms in total. The van der Waals surface area contributed by atoms with Crippen molar-refractivity contribution >= 4 is 0 Å². The molecule has 0 aromatic heterocycles. The largest absolute Gasteiger partial charge is 0.508 e. The highest BCUT2D eigenvalue weighted by Crippen LogP contribution is 2.23. The lowest BCUT2D eigenvalue weighted by molar-refractivity contribution is 0.441. The van der Waals surface area contributed by atoms with Crippen LogP contribution in [0.1, 0.15) is 37.1 Å². The summed E-state index contributed by atoms with van der Waals surface area (Å²) in [6.45, 7) is 5.60. The molecule has 0 unspecified atom stereocenters. The van der Waals surface area contributed by atoms with Crippen molar-refractivity contribution in [2.75, 3.05) is 13.1 Å². The van der Waals surface area contributed by atoms with E-state index in [1.165, 1.54) is 0 Å². The van der Waals surface area contributed by atoms with Crippen molar-refractivity contribution < 1.29 is 10.2 Å². The molecule has 0 saturated carbocycles. The normalized spacial score (nSPS) is 13.7. The van der Waals surface area contributed by atoms with Gasteiger partial charge in [-0.15, -0.1) is 0 Å². The van der Waals surface area contributed by atoms with Crippen LogP contribution >= 0.6 is 0 Å². The monoisotopic (exact) mass is 300 g/mol. The second-order valence-corrected chi connectivity index (χ2v) is 5.47. The molecule has 0 fully saturated rings. The Hall–Kier alpha value is -2.04. The molecule has 118 valence electrons. The minimum Gasteiger partial charge on any atom is -0.508 e. The first kappa shape index (κ1) is 16.3. The zero-order valence-electron chi connectivity index (χ0n) is 13.1. The van der Waals surface area contributed by atoms with E-state index in [4.69, 9.17) is 0 Å². The molecule has 22 heavy (non-hydrogen) atoms. The van der Waals surface area contributed by atoms with E-state index >= 15 is 0 Å². The molecular formula is C18H24N2O2. The van der Waals surface area contributed by atoms with Crippen LogP contribution in [-0.4, -0.2) is 23.3 Å². The van der Waals surface area contributed by atoms with Crippen LogP contribution in [-0.2, 0) is 0 Å². The molecule has 0 bridgehead atoms. The number of nitrogens with one attached hydrogen (secondary N) is 2. The summed E-state index contributed by atoms with van der Waals surface area (Å²) < 4.78 is 0. The van der Waals surface area contributed by atoms with Crippen LogP contribution in [0.3, 0.4) is 0 Å². The van der Waals surface area contributed by atoms with E-state index in [2.05, 4.69) is 10.6 Å². The summed E-state index contributed by atoms with van der Waals surface area (Å²) in [6.07, 6.45) is 0. The second-order valence-electron chi connectivity index (χ2n) is 5.47. The van der Waals surface area contributed by atoms with Crippen LogP contribution in [0.15, 0.2) is 48.5 Å². The number of hydrogen-bond acceptors (Lipinski definition) is 4. The number of benzene rings is 2. The highest BCUT2D eigenvalue weighted by molar-refractivity contribution is 5.34. The summed E-state index contributed by atoms with van der Waals surface area (Å²) >= 11 is 0. The van der Waals surface area contributed by atoms with E-state index in [-0.39, 0.29) is 12.1 Å². The number of hydrogen-bond donors (Lipinski definition) is 4. The Kier molecular flexibility index (Phi) is 5.81. The number of rotatable bonds is 7. The Labute approximate surface area is 131 Å². The first-order valence-electron chi connectivity index (χ1n) is 7.62. The molecular weight excluding hydrogens is 276 g/mol. The maximum absolute atomic E-state index is 9.82. The van der Waals surface area contributed by atoms with Gasteiger partial charge in [0.25, 0.3) is 0 Å². The Morgan fingerprint density at radius 2 is 1.09 bits per heavy atom. The fourth-order valence-electron chi connectivity index (χ4n) is 2.50. The van der Waals surface area contributed by atoms with Gasteiger partial charge >= 0.3 is 0 Å². The third kappa shape index (κ3) is 4.23. The van der Waals surface area contributed by atoms with E-state index < -0.39 is 0 Å². The molecule has 2 rings (SSSR count). The summed E-state index contributed by atoms with van der Waals surface area (Å²) in [7, 11) is 0. The molecule has 0 aliphatic rings. The van der Waals surface area contributed by atoms with Gasteiger partial charge in [0, 0.05) is 36.3 Å². The van der Waals surface area contributed by atoms with E-state index in [0.29, 0.717) is 11.5 Å². The van der Waals surface area contributed by atoms with Crippen LogP contribution in [0, 0.1) is 0 Å². The fourth-order valence-corrected chi connectivity index (χ4v) is 2.50. The standard InChI is InChI=1S/C18H24N2O2/c1-13(15-7-3-5-9-17(15)21)19-11-12-20-14(2)16-8-4-6-10-18(16)22/h3-10,13-14,19-22H,11-12H2,1-2H3/t13-,14-/m1/s1. The topological polar surface area (TPSA) is 64.5 Å². The molecule has 2 aromatic carbocycles. The summed E-state index contributed by atoms with van der Waals surface area (Å²) in [6, 6.07) is 14.9. The fraction of sp³-hybridized carbons (Fsp3) is 0.333. The van der Waals surface area contributed by atoms with Gasteiger partial charge in [-0.25, -0.2) is 0 Å². The molecule has 4 N–H and O–H groups in total. The van der Waals surface area contributed by atoms with Gasteiger partial charge in [0.2, 0.25) is 0 Å². The summed E-state index contributed by atoms with van der Waals surface area (Å²) in [4.78, 5) is 0. The first-order valence-corrected chi connectivity index (χ1v) is 7.62. The third-order valence-corrected chi connectivity index (χ3v) is 3.83.